The van der Waals surface area contributed by atoms with Crippen molar-refractivity contribution in [3.05, 3.63) is 27.2 Å². The molecule has 0 aliphatic heterocycles. The first-order valence-corrected chi connectivity index (χ1v) is 5.67. The fraction of sp³-hybridized carbons (Fsp3) is 0. The maximum atomic E-state index is 10.6. The van der Waals surface area contributed by atoms with Gasteiger partial charge in [-0.15, -0.1) is 7.94 Å². The van der Waals surface area contributed by atoms with Gasteiger partial charge in [-0.2, -0.15) is 0 Å². The minimum Gasteiger partial charge on any atom is -0.683 e. The molecule has 1 aromatic carbocycles. The molecule has 0 fully saturated rings. The first-order chi connectivity index (χ1) is 5.82. The van der Waals surface area contributed by atoms with Gasteiger partial charge in [-0.1, -0.05) is 34.8 Å². The van der Waals surface area contributed by atoms with Crippen molar-refractivity contribution in [1.29, 1.82) is 0 Å². The molecule has 0 aromatic heterocycles. The standard InChI is InChI=1S/C6H4Cl3O3P.2Na/c7-3-1-4(8)6(9)5(2-3)13(10,11)12;;/h1-2H,(H2,10,11,12);;/q;2*+1/p-2. The van der Waals surface area contributed by atoms with Gasteiger partial charge in [0.25, 0.3) is 0 Å². The van der Waals surface area contributed by atoms with Crippen molar-refractivity contribution in [1.82, 2.24) is 0 Å². The van der Waals surface area contributed by atoms with Gasteiger partial charge < -0.3 is 14.7 Å². The zero-order valence-electron chi connectivity index (χ0n) is 7.96. The fourth-order valence-corrected chi connectivity index (χ4v) is 2.45. The Morgan fingerprint density at radius 1 is 0.933 bits per heavy atom. The van der Waals surface area contributed by atoms with Crippen LogP contribution in [0.25, 0.3) is 0 Å². The van der Waals surface area contributed by atoms with Gasteiger partial charge in [-0.25, -0.2) is 0 Å². The smallest absolute Gasteiger partial charge is 0.683 e. The summed E-state index contributed by atoms with van der Waals surface area (Å²) in [6.07, 6.45) is 0. The molecule has 1 rings (SSSR count). The molecular weight excluding hydrogens is 303 g/mol. The molecule has 0 spiro atoms. The molecule has 72 valence electrons. The molecule has 0 N–H and O–H groups in total. The number of rotatable bonds is 1. The van der Waals surface area contributed by atoms with E-state index in [4.69, 9.17) is 34.8 Å². The molecule has 0 radical (unpaired) electrons. The van der Waals surface area contributed by atoms with Crippen molar-refractivity contribution < 1.29 is 73.8 Å². The molecule has 0 heterocycles. The molecule has 0 saturated carbocycles. The number of hydrogen-bond acceptors (Lipinski definition) is 3. The van der Waals surface area contributed by atoms with Crippen molar-refractivity contribution in [2.24, 2.45) is 0 Å². The second-order valence-electron chi connectivity index (χ2n) is 2.22. The van der Waals surface area contributed by atoms with E-state index in [-0.39, 0.29) is 74.2 Å². The molecule has 1 aromatic rings. The Bertz CT molecular complexity index is 345. The second-order valence-corrected chi connectivity index (χ2v) is 4.92. The van der Waals surface area contributed by atoms with Gasteiger partial charge in [0.2, 0.25) is 0 Å². The minimum absolute atomic E-state index is 0. The maximum absolute atomic E-state index is 10.6. The van der Waals surface area contributed by atoms with Crippen LogP contribution in [0.1, 0.15) is 0 Å². The largest absolute Gasteiger partial charge is 1.00 e. The van der Waals surface area contributed by atoms with E-state index in [1.165, 1.54) is 6.07 Å². The third-order valence-corrected chi connectivity index (χ3v) is 3.36. The number of halogens is 3. The molecule has 0 saturated heterocycles. The third kappa shape index (κ3) is 5.71. The van der Waals surface area contributed by atoms with Crippen LogP contribution in [0.2, 0.25) is 15.1 Å². The molecule has 0 aliphatic carbocycles. The Kier molecular flexibility index (Phi) is 10.2. The van der Waals surface area contributed by atoms with E-state index in [0.717, 1.165) is 6.07 Å². The number of benzene rings is 1. The summed E-state index contributed by atoms with van der Waals surface area (Å²) in [5, 5.41) is -0.876. The molecule has 0 atom stereocenters. The Morgan fingerprint density at radius 3 is 1.80 bits per heavy atom. The van der Waals surface area contributed by atoms with E-state index in [1.807, 2.05) is 0 Å². The maximum Gasteiger partial charge on any atom is 1.00 e. The summed E-state index contributed by atoms with van der Waals surface area (Å²) in [5.41, 5.74) is 0. The van der Waals surface area contributed by atoms with Crippen LogP contribution in [-0.2, 0) is 0 Å². The van der Waals surface area contributed by atoms with Crippen LogP contribution in [0, 0.1) is 0 Å². The first kappa shape index (κ1) is 19.7. The van der Waals surface area contributed by atoms with Crippen LogP contribution in [-0.4, -0.2) is 0 Å². The van der Waals surface area contributed by atoms with Gasteiger partial charge in [0.1, 0.15) is 5.02 Å². The Hall–Kier alpha value is 2.40. The summed E-state index contributed by atoms with van der Waals surface area (Å²) in [7, 11) is -4.91. The predicted molar refractivity (Wildman–Crippen MR) is 48.0 cm³/mol. The molecule has 0 amide bonds. The molecule has 0 aliphatic rings. The van der Waals surface area contributed by atoms with Gasteiger partial charge in [0.05, 0.1) is 10.3 Å². The normalized spacial score (nSPS) is 10.3. The van der Waals surface area contributed by atoms with E-state index in [0.29, 0.717) is 0 Å². The second kappa shape index (κ2) is 7.75. The van der Waals surface area contributed by atoms with Crippen LogP contribution >= 0.6 is 42.7 Å². The molecule has 3 nitrogen and oxygen atoms in total. The van der Waals surface area contributed by atoms with E-state index < -0.39 is 13.2 Å². The predicted octanol–water partition coefficient (Wildman–Crippen LogP) is -5.88. The Balaban J connectivity index is 0. The van der Waals surface area contributed by atoms with Gasteiger partial charge in [-0.3, -0.25) is 0 Å². The van der Waals surface area contributed by atoms with E-state index in [1.54, 1.807) is 0 Å². The third-order valence-electron chi connectivity index (χ3n) is 1.27. The van der Waals surface area contributed by atoms with Crippen molar-refractivity contribution in [3.8, 4) is 0 Å². The van der Waals surface area contributed by atoms with Crippen molar-refractivity contribution in [3.63, 3.8) is 0 Å². The van der Waals surface area contributed by atoms with Crippen LogP contribution in [0.4, 0.5) is 0 Å². The summed E-state index contributed by atoms with van der Waals surface area (Å²) in [4.78, 5) is 31.9. The zero-order valence-corrected chi connectivity index (χ0v) is 15.1. The average Bonchev–Trinajstić information content (AvgIpc) is 1.94. The summed E-state index contributed by atoms with van der Waals surface area (Å²) < 4.78 is 0. The Morgan fingerprint density at radius 2 is 1.40 bits per heavy atom. The Labute approximate surface area is 147 Å². The van der Waals surface area contributed by atoms with Crippen LogP contribution in [0.15, 0.2) is 12.1 Å². The molecule has 0 bridgehead atoms. The summed E-state index contributed by atoms with van der Waals surface area (Å²) in [6, 6.07) is 2.22. The van der Waals surface area contributed by atoms with Gasteiger partial charge in [0.15, 0.2) is 0 Å². The van der Waals surface area contributed by atoms with Gasteiger partial charge in [-0.05, 0) is 12.1 Å². The minimum atomic E-state index is -4.91. The van der Waals surface area contributed by atoms with Gasteiger partial charge in [0, 0.05) is 5.02 Å². The summed E-state index contributed by atoms with van der Waals surface area (Å²) >= 11 is 16.5. The van der Waals surface area contributed by atoms with Crippen LogP contribution in [0.3, 0.4) is 0 Å². The monoisotopic (exact) mass is 304 g/mol. The quantitative estimate of drug-likeness (QED) is 0.295. The van der Waals surface area contributed by atoms with E-state index >= 15 is 0 Å². The molecule has 9 heteroatoms. The zero-order chi connectivity index (χ0) is 10.2. The van der Waals surface area contributed by atoms with Gasteiger partial charge >= 0.3 is 59.1 Å². The van der Waals surface area contributed by atoms with E-state index in [9.17, 15) is 14.7 Å². The SMILES string of the molecule is [Na+].[Na+].[O-][P+]([O-])([O-])c1cc(Cl)cc(Cl)c1Cl. The van der Waals surface area contributed by atoms with E-state index in [2.05, 4.69) is 0 Å². The fourth-order valence-electron chi connectivity index (χ4n) is 0.742. The van der Waals surface area contributed by atoms with Crippen molar-refractivity contribution >= 4 is 48.1 Å². The van der Waals surface area contributed by atoms with Crippen molar-refractivity contribution in [2.75, 3.05) is 0 Å². The number of hydrogen-bond donors (Lipinski definition) is 0. The summed E-state index contributed by atoms with van der Waals surface area (Å²) in [5.74, 6) is 0. The molecule has 0 unspecified atom stereocenters. The molecular formula is C6H2Cl3Na2O3P. The molecule has 15 heavy (non-hydrogen) atoms. The summed E-state index contributed by atoms with van der Waals surface area (Å²) in [6.45, 7) is 0. The first-order valence-electron chi connectivity index (χ1n) is 2.99. The van der Waals surface area contributed by atoms with Crippen LogP contribution < -0.4 is 79.1 Å². The topological polar surface area (TPSA) is 69.2 Å². The average molecular weight is 305 g/mol. The van der Waals surface area contributed by atoms with Crippen LogP contribution in [0.5, 0.6) is 0 Å². The van der Waals surface area contributed by atoms with Crippen molar-refractivity contribution in [2.45, 2.75) is 0 Å².